The zero-order chi connectivity index (χ0) is 14.0. The number of phenolic OH excluding ortho intramolecular Hbond substituents is 1. The minimum absolute atomic E-state index is 0.131. The molecule has 0 aliphatic heterocycles. The van der Waals surface area contributed by atoms with Crippen molar-refractivity contribution in [2.75, 3.05) is 11.1 Å². The summed E-state index contributed by atoms with van der Waals surface area (Å²) in [4.78, 5) is 11.9. The molecule has 0 aliphatic carbocycles. The van der Waals surface area contributed by atoms with Crippen LogP contribution in [0.2, 0.25) is 0 Å². The Kier molecular flexibility index (Phi) is 3.37. The van der Waals surface area contributed by atoms with Gasteiger partial charge in [-0.25, -0.2) is 4.39 Å². The molecule has 0 saturated carbocycles. The first-order valence-corrected chi connectivity index (χ1v) is 5.63. The number of benzene rings is 2. The number of nitrogen functional groups attached to an aromatic ring is 1. The van der Waals surface area contributed by atoms with Gasteiger partial charge in [0, 0.05) is 17.4 Å². The summed E-state index contributed by atoms with van der Waals surface area (Å²) in [5.74, 6) is -1.58. The van der Waals surface area contributed by atoms with Crippen LogP contribution in [0.5, 0.6) is 5.75 Å². The van der Waals surface area contributed by atoms with E-state index in [9.17, 15) is 9.18 Å². The van der Waals surface area contributed by atoms with E-state index in [1.54, 1.807) is 25.1 Å². The van der Waals surface area contributed by atoms with Crippen molar-refractivity contribution in [2.24, 2.45) is 0 Å². The highest BCUT2D eigenvalue weighted by Gasteiger charge is 2.13. The number of aryl methyl sites for hydroxylation is 1. The van der Waals surface area contributed by atoms with E-state index in [4.69, 9.17) is 10.8 Å². The van der Waals surface area contributed by atoms with Crippen molar-refractivity contribution in [3.63, 3.8) is 0 Å². The van der Waals surface area contributed by atoms with Gasteiger partial charge < -0.3 is 16.2 Å². The maximum atomic E-state index is 13.5. The second-order valence-electron chi connectivity index (χ2n) is 4.19. The van der Waals surface area contributed by atoms with Crippen LogP contribution in [-0.4, -0.2) is 11.0 Å². The van der Waals surface area contributed by atoms with Gasteiger partial charge in [-0.05, 0) is 42.8 Å². The number of nitrogens with two attached hydrogens (primary N) is 1. The molecule has 98 valence electrons. The lowest BCUT2D eigenvalue weighted by atomic mass is 10.1. The fourth-order valence-electron chi connectivity index (χ4n) is 1.70. The summed E-state index contributed by atoms with van der Waals surface area (Å²) in [6.45, 7) is 1.79. The van der Waals surface area contributed by atoms with E-state index in [0.29, 0.717) is 11.4 Å². The summed E-state index contributed by atoms with van der Waals surface area (Å²) >= 11 is 0. The smallest absolute Gasteiger partial charge is 0.258 e. The quantitative estimate of drug-likeness (QED) is 0.727. The standard InChI is InChI=1S/C14H13FN2O2/c1-8-6-9(16)2-5-13(8)17-14(19)11-4-3-10(18)7-12(11)15/h2-7,18H,16H2,1H3,(H,17,19). The first-order valence-electron chi connectivity index (χ1n) is 5.63. The summed E-state index contributed by atoms with van der Waals surface area (Å²) in [5, 5.41) is 11.7. The van der Waals surface area contributed by atoms with E-state index in [1.807, 2.05) is 0 Å². The molecule has 0 spiro atoms. The Balaban J connectivity index is 2.25. The summed E-state index contributed by atoms with van der Waals surface area (Å²) in [7, 11) is 0. The highest BCUT2D eigenvalue weighted by Crippen LogP contribution is 2.20. The van der Waals surface area contributed by atoms with Crippen LogP contribution >= 0.6 is 0 Å². The van der Waals surface area contributed by atoms with Gasteiger partial charge in [0.05, 0.1) is 5.56 Å². The summed E-state index contributed by atoms with van der Waals surface area (Å²) in [5.41, 5.74) is 7.41. The highest BCUT2D eigenvalue weighted by molar-refractivity contribution is 6.05. The predicted molar refractivity (Wildman–Crippen MR) is 71.6 cm³/mol. The molecule has 0 aromatic heterocycles. The van der Waals surface area contributed by atoms with Crippen molar-refractivity contribution in [3.05, 3.63) is 53.3 Å². The second kappa shape index (κ2) is 4.97. The number of hydrogen-bond acceptors (Lipinski definition) is 3. The van der Waals surface area contributed by atoms with Crippen molar-refractivity contribution in [1.29, 1.82) is 0 Å². The fourth-order valence-corrected chi connectivity index (χ4v) is 1.70. The Bertz CT molecular complexity index is 641. The molecule has 5 heteroatoms. The van der Waals surface area contributed by atoms with Crippen LogP contribution in [0.1, 0.15) is 15.9 Å². The largest absolute Gasteiger partial charge is 0.508 e. The van der Waals surface area contributed by atoms with Gasteiger partial charge in [0.2, 0.25) is 0 Å². The highest BCUT2D eigenvalue weighted by atomic mass is 19.1. The van der Waals surface area contributed by atoms with Gasteiger partial charge in [-0.3, -0.25) is 4.79 Å². The first kappa shape index (κ1) is 12.9. The molecule has 2 rings (SSSR count). The van der Waals surface area contributed by atoms with Crippen LogP contribution in [-0.2, 0) is 0 Å². The SMILES string of the molecule is Cc1cc(N)ccc1NC(=O)c1ccc(O)cc1F. The van der Waals surface area contributed by atoms with Gasteiger partial charge >= 0.3 is 0 Å². The van der Waals surface area contributed by atoms with Crippen molar-refractivity contribution >= 4 is 17.3 Å². The first-order chi connectivity index (χ1) is 8.97. The minimum atomic E-state index is -0.773. The molecule has 0 atom stereocenters. The molecule has 4 N–H and O–H groups in total. The summed E-state index contributed by atoms with van der Waals surface area (Å²) < 4.78 is 13.5. The van der Waals surface area contributed by atoms with E-state index in [2.05, 4.69) is 5.32 Å². The van der Waals surface area contributed by atoms with Gasteiger partial charge in [0.25, 0.3) is 5.91 Å². The molecule has 0 fully saturated rings. The Morgan fingerprint density at radius 2 is 2.00 bits per heavy atom. The maximum Gasteiger partial charge on any atom is 0.258 e. The number of phenols is 1. The number of carbonyl (C=O) groups is 1. The topological polar surface area (TPSA) is 75.3 Å². The molecule has 0 radical (unpaired) electrons. The van der Waals surface area contributed by atoms with Crippen LogP contribution in [0.15, 0.2) is 36.4 Å². The maximum absolute atomic E-state index is 13.5. The number of nitrogens with one attached hydrogen (secondary N) is 1. The third kappa shape index (κ3) is 2.82. The summed E-state index contributed by atoms with van der Waals surface area (Å²) in [6, 6.07) is 8.39. The third-order valence-electron chi connectivity index (χ3n) is 2.70. The average Bonchev–Trinajstić information content (AvgIpc) is 2.32. The molecule has 0 saturated heterocycles. The molecule has 0 unspecified atom stereocenters. The van der Waals surface area contributed by atoms with E-state index in [0.717, 1.165) is 11.6 Å². The van der Waals surface area contributed by atoms with Crippen LogP contribution in [0.25, 0.3) is 0 Å². The number of rotatable bonds is 2. The lowest BCUT2D eigenvalue weighted by molar-refractivity contribution is 0.102. The van der Waals surface area contributed by atoms with Crippen molar-refractivity contribution in [2.45, 2.75) is 6.92 Å². The lowest BCUT2D eigenvalue weighted by Gasteiger charge is -2.09. The van der Waals surface area contributed by atoms with E-state index >= 15 is 0 Å². The minimum Gasteiger partial charge on any atom is -0.508 e. The lowest BCUT2D eigenvalue weighted by Crippen LogP contribution is -2.14. The third-order valence-corrected chi connectivity index (χ3v) is 2.70. The van der Waals surface area contributed by atoms with Gasteiger partial charge in [0.1, 0.15) is 11.6 Å². The molecule has 4 nitrogen and oxygen atoms in total. The van der Waals surface area contributed by atoms with Crippen molar-refractivity contribution in [1.82, 2.24) is 0 Å². The Hall–Kier alpha value is -2.56. The number of carbonyl (C=O) groups excluding carboxylic acids is 1. The summed E-state index contributed by atoms with van der Waals surface area (Å²) in [6.07, 6.45) is 0. The Morgan fingerprint density at radius 3 is 2.63 bits per heavy atom. The number of hydrogen-bond donors (Lipinski definition) is 3. The van der Waals surface area contributed by atoms with Crippen molar-refractivity contribution < 1.29 is 14.3 Å². The molecule has 0 heterocycles. The van der Waals surface area contributed by atoms with Crippen LogP contribution in [0, 0.1) is 12.7 Å². The average molecular weight is 260 g/mol. The predicted octanol–water partition coefficient (Wildman–Crippen LogP) is 2.67. The van der Waals surface area contributed by atoms with Crippen LogP contribution < -0.4 is 11.1 Å². The molecular formula is C14H13FN2O2. The van der Waals surface area contributed by atoms with Gasteiger partial charge in [0.15, 0.2) is 0 Å². The second-order valence-corrected chi connectivity index (χ2v) is 4.19. The molecule has 0 bridgehead atoms. The van der Waals surface area contributed by atoms with E-state index in [1.165, 1.54) is 12.1 Å². The fraction of sp³-hybridized carbons (Fsp3) is 0.0714. The van der Waals surface area contributed by atoms with Gasteiger partial charge in [-0.15, -0.1) is 0 Å². The number of aromatic hydroxyl groups is 1. The van der Waals surface area contributed by atoms with Crippen LogP contribution in [0.3, 0.4) is 0 Å². The molecule has 1 amide bonds. The Morgan fingerprint density at radius 1 is 1.26 bits per heavy atom. The molecule has 2 aromatic carbocycles. The zero-order valence-electron chi connectivity index (χ0n) is 10.3. The number of amides is 1. The number of anilines is 2. The van der Waals surface area contributed by atoms with Crippen LogP contribution in [0.4, 0.5) is 15.8 Å². The normalized spacial score (nSPS) is 10.2. The van der Waals surface area contributed by atoms with Gasteiger partial charge in [-0.2, -0.15) is 0 Å². The monoisotopic (exact) mass is 260 g/mol. The van der Waals surface area contributed by atoms with E-state index < -0.39 is 11.7 Å². The van der Waals surface area contributed by atoms with Crippen molar-refractivity contribution in [3.8, 4) is 5.75 Å². The molecule has 19 heavy (non-hydrogen) atoms. The van der Waals surface area contributed by atoms with Gasteiger partial charge in [-0.1, -0.05) is 0 Å². The van der Waals surface area contributed by atoms with E-state index in [-0.39, 0.29) is 11.3 Å². The molecule has 0 aliphatic rings. The molecule has 2 aromatic rings. The number of halogens is 1. The molecular weight excluding hydrogens is 247 g/mol. The Labute approximate surface area is 109 Å². The zero-order valence-corrected chi connectivity index (χ0v) is 10.3.